The largest absolute Gasteiger partial charge is 0.504 e. The molecule has 0 amide bonds. The number of fused-ring (bicyclic) bond motifs is 1. The molecule has 0 atom stereocenters. The lowest BCUT2D eigenvalue weighted by molar-refractivity contribution is 0.324. The van der Waals surface area contributed by atoms with Gasteiger partial charge in [-0.05, 0) is 30.3 Å². The summed E-state index contributed by atoms with van der Waals surface area (Å²) in [5.74, 6) is 2.15. The van der Waals surface area contributed by atoms with E-state index in [1.807, 2.05) is 0 Å². The molecule has 9 nitrogen and oxygen atoms in total. The summed E-state index contributed by atoms with van der Waals surface area (Å²) in [5.41, 5.74) is 2.10. The molecular weight excluding hydrogens is 396 g/mol. The first-order valence-corrected chi connectivity index (χ1v) is 9.53. The number of aromatic nitrogens is 3. The van der Waals surface area contributed by atoms with Crippen molar-refractivity contribution in [2.24, 2.45) is 5.10 Å². The molecule has 0 fully saturated rings. The summed E-state index contributed by atoms with van der Waals surface area (Å²) in [7, 11) is 4.63. The highest BCUT2D eigenvalue weighted by molar-refractivity contribution is 7.99. The topological polar surface area (TPSA) is 111 Å². The molecular formula is C19H18N4O5S. The van der Waals surface area contributed by atoms with E-state index in [0.29, 0.717) is 50.8 Å². The zero-order valence-electron chi connectivity index (χ0n) is 15.9. The number of hydrogen-bond acceptors (Lipinski definition) is 9. The number of nitrogens with zero attached hydrogens (tertiary/aromatic N) is 4. The minimum atomic E-state index is -0.199. The van der Waals surface area contributed by atoms with Crippen LogP contribution in [0.15, 0.2) is 40.6 Å². The van der Waals surface area contributed by atoms with Gasteiger partial charge >= 0.3 is 0 Å². The van der Waals surface area contributed by atoms with E-state index in [1.165, 1.54) is 23.9 Å². The second kappa shape index (κ2) is 7.55. The second-order valence-electron chi connectivity index (χ2n) is 6.07. The molecule has 0 aliphatic carbocycles. The third-order valence-electron chi connectivity index (χ3n) is 4.40. The van der Waals surface area contributed by atoms with Gasteiger partial charge in [-0.15, -0.1) is 10.2 Å². The predicted octanol–water partition coefficient (Wildman–Crippen LogP) is 2.74. The van der Waals surface area contributed by atoms with Gasteiger partial charge < -0.3 is 24.4 Å². The maximum absolute atomic E-state index is 9.80. The zero-order valence-corrected chi connectivity index (χ0v) is 16.7. The van der Waals surface area contributed by atoms with Gasteiger partial charge in [0.2, 0.25) is 10.9 Å². The Morgan fingerprint density at radius 3 is 2.24 bits per heavy atom. The van der Waals surface area contributed by atoms with Gasteiger partial charge in [0.15, 0.2) is 28.8 Å². The smallest absolute Gasteiger partial charge is 0.212 e. The van der Waals surface area contributed by atoms with Gasteiger partial charge in [-0.3, -0.25) is 0 Å². The number of ether oxygens (including phenoxy) is 3. The van der Waals surface area contributed by atoms with Crippen molar-refractivity contribution < 1.29 is 24.4 Å². The molecule has 0 bridgehead atoms. The number of rotatable bonds is 5. The van der Waals surface area contributed by atoms with E-state index in [-0.39, 0.29) is 11.5 Å². The van der Waals surface area contributed by atoms with Crippen molar-refractivity contribution in [1.29, 1.82) is 0 Å². The number of aromatic hydroxyl groups is 2. The fourth-order valence-electron chi connectivity index (χ4n) is 2.96. The molecule has 0 saturated heterocycles. The van der Waals surface area contributed by atoms with E-state index in [1.54, 1.807) is 44.2 Å². The van der Waals surface area contributed by atoms with E-state index in [9.17, 15) is 10.2 Å². The normalized spacial score (nSPS) is 12.9. The standard InChI is InChI=1S/C19H18N4O5S/c1-26-15-7-11(8-16(27-2)17(15)28-3)18-20-21-19-23(18)22-12(9-29-19)10-4-5-13(24)14(25)6-10/h4-8,24-25H,9H2,1-3H3. The Morgan fingerprint density at radius 2 is 1.62 bits per heavy atom. The van der Waals surface area contributed by atoms with Crippen molar-refractivity contribution in [3.8, 4) is 40.1 Å². The predicted molar refractivity (Wildman–Crippen MR) is 108 cm³/mol. The van der Waals surface area contributed by atoms with E-state index < -0.39 is 0 Å². The molecule has 0 unspecified atom stereocenters. The van der Waals surface area contributed by atoms with Crippen LogP contribution in [0, 0.1) is 0 Å². The number of phenols is 2. The van der Waals surface area contributed by atoms with E-state index in [0.717, 1.165) is 0 Å². The fraction of sp³-hybridized carbons (Fsp3) is 0.211. The number of methoxy groups -OCH3 is 3. The van der Waals surface area contributed by atoms with Crippen LogP contribution < -0.4 is 14.2 Å². The molecule has 1 aliphatic heterocycles. The van der Waals surface area contributed by atoms with Gasteiger partial charge in [0.25, 0.3) is 0 Å². The van der Waals surface area contributed by atoms with Crippen LogP contribution in [0.4, 0.5) is 0 Å². The van der Waals surface area contributed by atoms with Crippen molar-refractivity contribution in [3.05, 3.63) is 35.9 Å². The van der Waals surface area contributed by atoms with Crippen molar-refractivity contribution in [3.63, 3.8) is 0 Å². The van der Waals surface area contributed by atoms with Crippen LogP contribution in [-0.4, -0.2) is 57.9 Å². The third-order valence-corrected chi connectivity index (χ3v) is 5.33. The monoisotopic (exact) mass is 414 g/mol. The van der Waals surface area contributed by atoms with Gasteiger partial charge in [-0.2, -0.15) is 9.78 Å². The lowest BCUT2D eigenvalue weighted by atomic mass is 10.1. The first-order chi connectivity index (χ1) is 14.0. The molecule has 10 heteroatoms. The summed E-state index contributed by atoms with van der Waals surface area (Å²) < 4.78 is 17.8. The summed E-state index contributed by atoms with van der Waals surface area (Å²) in [6, 6.07) is 8.16. The van der Waals surface area contributed by atoms with Crippen LogP contribution >= 0.6 is 11.8 Å². The maximum Gasteiger partial charge on any atom is 0.212 e. The Hall–Kier alpha value is -3.40. The van der Waals surface area contributed by atoms with Gasteiger partial charge in [0.05, 0.1) is 27.0 Å². The summed E-state index contributed by atoms with van der Waals surface area (Å²) in [4.78, 5) is 0. The van der Waals surface area contributed by atoms with Gasteiger partial charge in [0, 0.05) is 16.9 Å². The van der Waals surface area contributed by atoms with Crippen LogP contribution in [0.25, 0.3) is 11.4 Å². The van der Waals surface area contributed by atoms with E-state index in [2.05, 4.69) is 15.3 Å². The molecule has 1 aromatic heterocycles. The first kappa shape index (κ1) is 18.9. The SMILES string of the molecule is COc1cc(-c2nnc3n2N=C(c2ccc(O)c(O)c2)CS3)cc(OC)c1OC. The average molecular weight is 414 g/mol. The van der Waals surface area contributed by atoms with Crippen molar-refractivity contribution in [2.75, 3.05) is 27.1 Å². The molecule has 4 rings (SSSR count). The molecule has 0 saturated carbocycles. The molecule has 2 heterocycles. The molecule has 29 heavy (non-hydrogen) atoms. The molecule has 3 aromatic rings. The first-order valence-electron chi connectivity index (χ1n) is 8.54. The van der Waals surface area contributed by atoms with Gasteiger partial charge in [-0.25, -0.2) is 0 Å². The van der Waals surface area contributed by atoms with Gasteiger partial charge in [-0.1, -0.05) is 11.8 Å². The van der Waals surface area contributed by atoms with E-state index >= 15 is 0 Å². The summed E-state index contributed by atoms with van der Waals surface area (Å²) in [6.45, 7) is 0. The van der Waals surface area contributed by atoms with Crippen LogP contribution in [0.1, 0.15) is 5.56 Å². The lowest BCUT2D eigenvalue weighted by Crippen LogP contribution is -2.13. The molecule has 0 radical (unpaired) electrons. The highest BCUT2D eigenvalue weighted by Crippen LogP contribution is 2.41. The van der Waals surface area contributed by atoms with Crippen molar-refractivity contribution >= 4 is 17.5 Å². The number of thioether (sulfide) groups is 1. The minimum Gasteiger partial charge on any atom is -0.504 e. The third kappa shape index (κ3) is 3.31. The molecule has 0 spiro atoms. The quantitative estimate of drug-likeness (QED) is 0.613. The highest BCUT2D eigenvalue weighted by Gasteiger charge is 2.23. The summed E-state index contributed by atoms with van der Waals surface area (Å²) in [5, 5.41) is 33.1. The molecule has 1 aliphatic rings. The minimum absolute atomic E-state index is 0.180. The summed E-state index contributed by atoms with van der Waals surface area (Å²) >= 11 is 1.47. The summed E-state index contributed by atoms with van der Waals surface area (Å²) in [6.07, 6.45) is 0. The molecule has 150 valence electrons. The lowest BCUT2D eigenvalue weighted by Gasteiger charge is -2.16. The fourth-order valence-corrected chi connectivity index (χ4v) is 3.80. The Bertz CT molecular complexity index is 1090. The van der Waals surface area contributed by atoms with Crippen LogP contribution in [0.2, 0.25) is 0 Å². The maximum atomic E-state index is 9.80. The van der Waals surface area contributed by atoms with Crippen molar-refractivity contribution in [2.45, 2.75) is 5.16 Å². The van der Waals surface area contributed by atoms with E-state index in [4.69, 9.17) is 14.2 Å². The Morgan fingerprint density at radius 1 is 0.897 bits per heavy atom. The second-order valence-corrected chi connectivity index (χ2v) is 7.01. The Kier molecular flexibility index (Phi) is 4.93. The van der Waals surface area contributed by atoms with Crippen LogP contribution in [-0.2, 0) is 0 Å². The highest BCUT2D eigenvalue weighted by atomic mass is 32.2. The van der Waals surface area contributed by atoms with Crippen molar-refractivity contribution in [1.82, 2.24) is 14.9 Å². The zero-order chi connectivity index (χ0) is 20.5. The van der Waals surface area contributed by atoms with Crippen LogP contribution in [0.5, 0.6) is 28.7 Å². The Labute approximate surface area is 170 Å². The molecule has 2 N–H and O–H groups in total. The average Bonchev–Trinajstić information content (AvgIpc) is 3.17. The Balaban J connectivity index is 1.82. The number of phenolic OH excluding ortho intramolecular Hbond substituents is 2. The van der Waals surface area contributed by atoms with Crippen LogP contribution in [0.3, 0.4) is 0 Å². The number of benzene rings is 2. The number of hydrogen-bond donors (Lipinski definition) is 2. The van der Waals surface area contributed by atoms with Gasteiger partial charge in [0.1, 0.15) is 0 Å². The molecule has 2 aromatic carbocycles.